The van der Waals surface area contributed by atoms with Crippen LogP contribution in [0.2, 0.25) is 0 Å². The van der Waals surface area contributed by atoms with Gasteiger partial charge in [-0.15, -0.1) is 0 Å². The van der Waals surface area contributed by atoms with Crippen molar-refractivity contribution in [3.8, 4) is 17.3 Å². The number of phosphoric acid groups is 1. The number of carbonyl (C=O) groups is 2. The first-order valence-electron chi connectivity index (χ1n) is 16.1. The van der Waals surface area contributed by atoms with Gasteiger partial charge in [0.05, 0.1) is 0 Å². The zero-order chi connectivity index (χ0) is 34.8. The Morgan fingerprint density at radius 1 is 1.10 bits per heavy atom. The number of aliphatic hydroxyl groups is 1. The second-order valence-corrected chi connectivity index (χ2v) is 14.7. The van der Waals surface area contributed by atoms with Crippen LogP contribution in [0.15, 0.2) is 57.6 Å². The number of hydrogen-bond acceptors (Lipinski definition) is 11. The molecule has 5 N–H and O–H groups in total. The third-order valence-corrected chi connectivity index (χ3v) is 9.84. The van der Waals surface area contributed by atoms with Crippen LogP contribution in [-0.2, 0) is 37.1 Å². The number of phosphoric ester groups is 1. The molecule has 3 aliphatic rings. The number of nitrogens with zero attached hydrogens (tertiary/aromatic N) is 2. The van der Waals surface area contributed by atoms with Gasteiger partial charge < -0.3 is 39.1 Å². The van der Waals surface area contributed by atoms with Gasteiger partial charge in [0.2, 0.25) is 17.7 Å². The lowest BCUT2D eigenvalue weighted by molar-refractivity contribution is -0.135. The number of para-hydroxylation sites is 1. The summed E-state index contributed by atoms with van der Waals surface area (Å²) in [6.07, 6.45) is -0.615. The van der Waals surface area contributed by atoms with Crippen LogP contribution >= 0.6 is 7.82 Å². The Morgan fingerprint density at radius 2 is 1.88 bits per heavy atom. The number of hydrogen-bond donors (Lipinski definition) is 5. The molecule has 258 valence electrons. The second-order valence-electron chi connectivity index (χ2n) is 13.5. The van der Waals surface area contributed by atoms with E-state index in [1.165, 1.54) is 6.26 Å². The molecule has 0 aliphatic carbocycles. The number of oxazole rings is 2. The number of ketones is 1. The molecule has 7 rings (SSSR count). The van der Waals surface area contributed by atoms with Crippen molar-refractivity contribution in [2.75, 3.05) is 5.32 Å². The fraction of sp³-hybridized carbons (Fsp3) is 0.412. The zero-order valence-electron chi connectivity index (χ0n) is 27.2. The lowest BCUT2D eigenvalue weighted by Gasteiger charge is -2.28. The van der Waals surface area contributed by atoms with Gasteiger partial charge in [-0.3, -0.25) is 14.1 Å². The molecule has 2 unspecified atom stereocenters. The van der Waals surface area contributed by atoms with Gasteiger partial charge in [-0.1, -0.05) is 58.0 Å². The van der Waals surface area contributed by atoms with Crippen LogP contribution in [0.4, 0.5) is 5.69 Å². The highest BCUT2D eigenvalue weighted by atomic mass is 31.2. The lowest BCUT2D eigenvalue weighted by atomic mass is 9.72. The topological polar surface area (TPSA) is 206 Å². The third-order valence-electron chi connectivity index (χ3n) is 9.37. The average molecular weight is 693 g/mol. The summed E-state index contributed by atoms with van der Waals surface area (Å²) in [4.78, 5) is 55.0. The van der Waals surface area contributed by atoms with Crippen molar-refractivity contribution < 1.29 is 47.1 Å². The van der Waals surface area contributed by atoms with Crippen LogP contribution in [0, 0.1) is 17.8 Å². The fourth-order valence-electron chi connectivity index (χ4n) is 6.93. The summed E-state index contributed by atoms with van der Waals surface area (Å²) in [6, 6.07) is 12.6. The molecule has 0 radical (unpaired) electrons. The predicted molar refractivity (Wildman–Crippen MR) is 173 cm³/mol. The number of Topliss-reactive ketones (excluding diaryl/α,β-unsaturated/α-hetero) is 1. The second kappa shape index (κ2) is 12.2. The molecular weight excluding hydrogens is 655 g/mol. The standard InChI is InChI=1S/C34H37N4O10P/c1-16(2)26-32-38-27(31-35-20(14-45-31)15-46-49(42,43)44)29(48-32)34-21-7-5-6-8-23(21)36-33(34)47-25-10-9-18(12-22(25)34)11-19(30(41)37-26)13-24(39)28(40)17(3)4/h5-10,12,14,16-17,19,26,28,33,36,40H,11,13,15H2,1-4H3,(H,37,41)(H2,42,43,44)/t19?,26-,28-,33?,34-/m0/s1. The molecule has 0 saturated heterocycles. The molecule has 5 atom stereocenters. The smallest absolute Gasteiger partial charge is 0.469 e. The molecular formula is C34H37N4O10P. The first-order chi connectivity index (χ1) is 23.3. The molecule has 49 heavy (non-hydrogen) atoms. The van der Waals surface area contributed by atoms with Gasteiger partial charge in [-0.25, -0.2) is 14.5 Å². The predicted octanol–water partition coefficient (Wildman–Crippen LogP) is 4.38. The summed E-state index contributed by atoms with van der Waals surface area (Å²) >= 11 is 0. The Balaban J connectivity index is 1.44. The number of rotatable bonds is 9. The molecule has 4 aromatic rings. The largest absolute Gasteiger partial charge is 0.469 e. The molecule has 0 fully saturated rings. The highest BCUT2D eigenvalue weighted by Gasteiger charge is 2.61. The van der Waals surface area contributed by atoms with Gasteiger partial charge in [0.15, 0.2) is 23.5 Å². The Labute approximate surface area is 281 Å². The molecule has 4 bridgehead atoms. The minimum atomic E-state index is -4.78. The van der Waals surface area contributed by atoms with Crippen LogP contribution in [0.1, 0.15) is 74.2 Å². The fourth-order valence-corrected chi connectivity index (χ4v) is 7.23. The molecule has 3 aliphatic heterocycles. The minimum absolute atomic E-state index is 0.00581. The van der Waals surface area contributed by atoms with E-state index in [2.05, 4.69) is 20.1 Å². The number of nitrogens with one attached hydrogen (secondary N) is 2. The van der Waals surface area contributed by atoms with Gasteiger partial charge in [0.25, 0.3) is 0 Å². The van der Waals surface area contributed by atoms with E-state index in [0.717, 1.165) is 22.4 Å². The Hall–Kier alpha value is -4.33. The quantitative estimate of drug-likeness (QED) is 0.155. The Kier molecular flexibility index (Phi) is 8.27. The molecule has 0 saturated carbocycles. The highest BCUT2D eigenvalue weighted by molar-refractivity contribution is 7.46. The van der Waals surface area contributed by atoms with Gasteiger partial charge in [-0.05, 0) is 41.5 Å². The minimum Gasteiger partial charge on any atom is -0.469 e. The van der Waals surface area contributed by atoms with Crippen LogP contribution in [-0.4, -0.2) is 48.9 Å². The van der Waals surface area contributed by atoms with E-state index in [-0.39, 0.29) is 47.8 Å². The number of carbonyl (C=O) groups excluding carboxylic acids is 2. The summed E-state index contributed by atoms with van der Waals surface area (Å²) in [6.45, 7) is 6.79. The molecule has 2 aromatic carbocycles. The maximum atomic E-state index is 14.0. The zero-order valence-corrected chi connectivity index (χ0v) is 28.1. The van der Waals surface area contributed by atoms with Gasteiger partial charge in [-0.2, -0.15) is 0 Å². The Bertz CT molecular complexity index is 1980. The summed E-state index contributed by atoms with van der Waals surface area (Å²) in [7, 11) is -4.78. The van der Waals surface area contributed by atoms with Gasteiger partial charge in [0.1, 0.15) is 41.9 Å². The SMILES string of the molecule is CC(C)[C@H](O)C(=O)CC1Cc2ccc3c(c2)[C@@]2(c4ccccc4NC2O3)c2oc(nc2-c2nc(COP(=O)(O)O)co2)[C@H](C(C)C)NC1=O. The van der Waals surface area contributed by atoms with Crippen molar-refractivity contribution in [2.45, 2.75) is 70.9 Å². The third kappa shape index (κ3) is 5.77. The average Bonchev–Trinajstić information content (AvgIpc) is 3.82. The molecule has 5 heterocycles. The van der Waals surface area contributed by atoms with E-state index in [0.29, 0.717) is 11.5 Å². The van der Waals surface area contributed by atoms with Crippen molar-refractivity contribution in [1.29, 1.82) is 0 Å². The Morgan fingerprint density at radius 3 is 2.61 bits per heavy atom. The van der Waals surface area contributed by atoms with E-state index in [4.69, 9.17) is 18.6 Å². The molecule has 15 heteroatoms. The lowest BCUT2D eigenvalue weighted by Crippen LogP contribution is -2.41. The van der Waals surface area contributed by atoms with E-state index in [9.17, 15) is 29.0 Å². The van der Waals surface area contributed by atoms with E-state index in [1.54, 1.807) is 13.8 Å². The summed E-state index contributed by atoms with van der Waals surface area (Å²) < 4.78 is 35.2. The summed E-state index contributed by atoms with van der Waals surface area (Å²) in [5.74, 6) is -1.07. The van der Waals surface area contributed by atoms with Gasteiger partial charge >= 0.3 is 7.82 Å². The molecule has 1 spiro atoms. The first kappa shape index (κ1) is 33.2. The number of aromatic nitrogens is 2. The van der Waals surface area contributed by atoms with E-state index >= 15 is 0 Å². The maximum absolute atomic E-state index is 14.0. The normalized spacial score (nSPS) is 23.2. The van der Waals surface area contributed by atoms with E-state index in [1.807, 2.05) is 56.3 Å². The van der Waals surface area contributed by atoms with E-state index < -0.39 is 55.8 Å². The molecule has 1 amide bonds. The number of anilines is 1. The maximum Gasteiger partial charge on any atom is 0.469 e. The number of amides is 1. The van der Waals surface area contributed by atoms with Crippen LogP contribution in [0.3, 0.4) is 0 Å². The first-order valence-corrected chi connectivity index (χ1v) is 17.6. The molecule has 2 aromatic heterocycles. The van der Waals surface area contributed by atoms with Crippen LogP contribution in [0.5, 0.6) is 5.75 Å². The van der Waals surface area contributed by atoms with Crippen molar-refractivity contribution in [3.63, 3.8) is 0 Å². The monoisotopic (exact) mass is 692 g/mol. The van der Waals surface area contributed by atoms with Crippen molar-refractivity contribution in [1.82, 2.24) is 15.3 Å². The number of ether oxygens (including phenoxy) is 1. The van der Waals surface area contributed by atoms with Crippen LogP contribution < -0.4 is 15.4 Å². The summed E-state index contributed by atoms with van der Waals surface area (Å²) in [5, 5.41) is 17.1. The van der Waals surface area contributed by atoms with Crippen molar-refractivity contribution >= 4 is 25.2 Å². The highest BCUT2D eigenvalue weighted by Crippen LogP contribution is 2.59. The van der Waals surface area contributed by atoms with Crippen LogP contribution in [0.25, 0.3) is 11.6 Å². The summed E-state index contributed by atoms with van der Waals surface area (Å²) in [5.41, 5.74) is 2.35. The number of aliphatic hydroxyl groups excluding tert-OH is 1. The van der Waals surface area contributed by atoms with Crippen molar-refractivity contribution in [2.24, 2.45) is 17.8 Å². The molecule has 14 nitrogen and oxygen atoms in total. The van der Waals surface area contributed by atoms with Crippen molar-refractivity contribution in [3.05, 3.63) is 82.8 Å². The van der Waals surface area contributed by atoms with Gasteiger partial charge in [0, 0.05) is 23.6 Å². The number of benzene rings is 2. The number of fused-ring (bicyclic) bond motifs is 4.